The summed E-state index contributed by atoms with van der Waals surface area (Å²) >= 11 is 0. The van der Waals surface area contributed by atoms with Gasteiger partial charge in [0.15, 0.2) is 18.2 Å². The number of quaternary nitrogens is 1. The van der Waals surface area contributed by atoms with Gasteiger partial charge in [-0.3, -0.25) is 0 Å². The zero-order valence-electron chi connectivity index (χ0n) is 17.3. The molecule has 1 heterocycles. The smallest absolute Gasteiger partial charge is 0.361 e. The number of carbonyl (C=O) groups excluding carboxylic acids is 2. The first kappa shape index (κ1) is 23.8. The Morgan fingerprint density at radius 3 is 2.45 bits per heavy atom. The fourth-order valence-electron chi connectivity index (χ4n) is 4.69. The fraction of sp³-hybridized carbons (Fsp3) is 0.636. The second-order valence-corrected chi connectivity index (χ2v) is 8.42. The first-order chi connectivity index (χ1) is 13.4. The first-order valence-electron chi connectivity index (χ1n) is 10.4. The number of halogens is 1. The summed E-state index contributed by atoms with van der Waals surface area (Å²) in [6.07, 6.45) is 4.06. The highest BCUT2D eigenvalue weighted by atomic mass is 79.9. The minimum absolute atomic E-state index is 0. The number of hydrogen-bond donors (Lipinski definition) is 1. The maximum absolute atomic E-state index is 13.2. The first-order valence-corrected chi connectivity index (χ1v) is 10.4. The third kappa shape index (κ3) is 5.38. The lowest BCUT2D eigenvalue weighted by Crippen LogP contribution is -3.00. The van der Waals surface area contributed by atoms with E-state index in [2.05, 4.69) is 0 Å². The number of esters is 2. The highest BCUT2D eigenvalue weighted by Gasteiger charge is 2.50. The van der Waals surface area contributed by atoms with Gasteiger partial charge in [-0.15, -0.1) is 0 Å². The summed E-state index contributed by atoms with van der Waals surface area (Å²) in [6.45, 7) is 3.72. The molecule has 6 nitrogen and oxygen atoms in total. The monoisotopic (exact) mass is 469 g/mol. The number of carbonyl (C=O) groups is 2. The van der Waals surface area contributed by atoms with Crippen molar-refractivity contribution in [1.82, 2.24) is 0 Å². The second kappa shape index (κ2) is 10.0. The average molecular weight is 470 g/mol. The maximum atomic E-state index is 13.2. The van der Waals surface area contributed by atoms with Crippen LogP contribution in [0.15, 0.2) is 30.3 Å². The van der Waals surface area contributed by atoms with Crippen LogP contribution in [0.4, 0.5) is 0 Å². The van der Waals surface area contributed by atoms with E-state index >= 15 is 0 Å². The van der Waals surface area contributed by atoms with Gasteiger partial charge in [-0.2, -0.15) is 0 Å². The van der Waals surface area contributed by atoms with Gasteiger partial charge in [-0.25, -0.2) is 9.59 Å². The molecule has 0 unspecified atom stereocenters. The number of benzene rings is 1. The predicted molar refractivity (Wildman–Crippen MR) is 104 cm³/mol. The molecule has 162 valence electrons. The quantitative estimate of drug-likeness (QED) is 0.426. The predicted octanol–water partition coefficient (Wildman–Crippen LogP) is -0.606. The molecule has 1 aliphatic carbocycles. The lowest BCUT2D eigenvalue weighted by Gasteiger charge is -2.33. The van der Waals surface area contributed by atoms with Crippen molar-refractivity contribution >= 4 is 11.9 Å². The third-order valence-corrected chi connectivity index (χ3v) is 6.20. The van der Waals surface area contributed by atoms with E-state index < -0.39 is 11.6 Å². The Kier molecular flexibility index (Phi) is 8.26. The van der Waals surface area contributed by atoms with Gasteiger partial charge in [0.2, 0.25) is 0 Å². The van der Waals surface area contributed by atoms with Crippen LogP contribution in [-0.2, 0) is 24.7 Å². The lowest BCUT2D eigenvalue weighted by atomic mass is 9.80. The molecular weight excluding hydrogens is 438 g/mol. The molecule has 3 rings (SSSR count). The molecule has 1 N–H and O–H groups in total. The summed E-state index contributed by atoms with van der Waals surface area (Å²) in [5, 5.41) is 11.5. The molecule has 1 saturated heterocycles. The summed E-state index contributed by atoms with van der Waals surface area (Å²) in [7, 11) is 1.98. The molecule has 0 amide bonds. The van der Waals surface area contributed by atoms with Crippen LogP contribution in [0, 0.1) is 5.92 Å². The van der Waals surface area contributed by atoms with E-state index in [1.54, 1.807) is 19.1 Å². The van der Waals surface area contributed by atoms with Gasteiger partial charge in [0.1, 0.15) is 6.54 Å². The molecule has 29 heavy (non-hydrogen) atoms. The van der Waals surface area contributed by atoms with Gasteiger partial charge < -0.3 is 36.0 Å². The number of likely N-dealkylation sites (N-methyl/N-ethyl adjacent to an activating group) is 1. The maximum Gasteiger partial charge on any atom is 0.361 e. The Labute approximate surface area is 183 Å². The Morgan fingerprint density at radius 2 is 1.83 bits per heavy atom. The molecule has 1 aliphatic heterocycles. The minimum Gasteiger partial charge on any atom is -1.00 e. The lowest BCUT2D eigenvalue weighted by molar-refractivity contribution is -0.891. The molecule has 1 aromatic carbocycles. The zero-order chi connectivity index (χ0) is 20.2. The Morgan fingerprint density at radius 1 is 1.17 bits per heavy atom. The number of rotatable bonds is 7. The topological polar surface area (TPSA) is 72.8 Å². The van der Waals surface area contributed by atoms with Crippen LogP contribution in [0.25, 0.3) is 0 Å². The van der Waals surface area contributed by atoms with Crippen LogP contribution in [0.2, 0.25) is 0 Å². The highest BCUT2D eigenvalue weighted by Crippen LogP contribution is 2.42. The normalized spacial score (nSPS) is 26.4. The Bertz CT molecular complexity index is 694. The van der Waals surface area contributed by atoms with Crippen molar-refractivity contribution in [3.8, 4) is 0 Å². The summed E-state index contributed by atoms with van der Waals surface area (Å²) in [4.78, 5) is 25.0. The van der Waals surface area contributed by atoms with Crippen LogP contribution in [0.5, 0.6) is 0 Å². The molecule has 0 bridgehead atoms. The molecule has 7 heteroatoms. The molecule has 0 spiro atoms. The van der Waals surface area contributed by atoms with E-state index in [4.69, 9.17) is 9.47 Å². The van der Waals surface area contributed by atoms with E-state index in [0.717, 1.165) is 32.2 Å². The minimum atomic E-state index is -1.61. The van der Waals surface area contributed by atoms with E-state index in [0.29, 0.717) is 29.6 Å². The van der Waals surface area contributed by atoms with Crippen molar-refractivity contribution in [2.75, 3.05) is 33.3 Å². The molecular formula is C22H32BrNO5. The van der Waals surface area contributed by atoms with Crippen molar-refractivity contribution in [3.05, 3.63) is 35.9 Å². The van der Waals surface area contributed by atoms with Gasteiger partial charge in [0, 0.05) is 12.3 Å². The Hall–Kier alpha value is -1.44. The molecule has 2 aliphatic rings. The highest BCUT2D eigenvalue weighted by molar-refractivity contribution is 5.81. The van der Waals surface area contributed by atoms with Crippen molar-refractivity contribution in [2.24, 2.45) is 5.92 Å². The number of hydrogen-bond acceptors (Lipinski definition) is 5. The SMILES string of the molecule is CCOC(=O)C[N@@+]1(C)CC[C@H](OC(=O)[C@@](O)(c2ccccc2)C2CCCC2)C1.[Br-]. The molecule has 0 aromatic heterocycles. The van der Waals surface area contributed by atoms with Crippen molar-refractivity contribution in [2.45, 2.75) is 50.7 Å². The summed E-state index contributed by atoms with van der Waals surface area (Å²) in [5.41, 5.74) is -1.00. The van der Waals surface area contributed by atoms with Crippen LogP contribution < -0.4 is 17.0 Å². The van der Waals surface area contributed by atoms with Gasteiger partial charge in [0.25, 0.3) is 0 Å². The summed E-state index contributed by atoms with van der Waals surface area (Å²) < 4.78 is 11.4. The van der Waals surface area contributed by atoms with Crippen LogP contribution >= 0.6 is 0 Å². The van der Waals surface area contributed by atoms with E-state index in [1.165, 1.54) is 0 Å². The van der Waals surface area contributed by atoms with Gasteiger partial charge in [-0.1, -0.05) is 43.2 Å². The Balaban J connectivity index is 0.00000300. The number of ether oxygens (including phenoxy) is 2. The zero-order valence-corrected chi connectivity index (χ0v) is 18.9. The van der Waals surface area contributed by atoms with E-state index in [1.807, 2.05) is 25.2 Å². The second-order valence-electron chi connectivity index (χ2n) is 8.42. The standard InChI is InChI=1S/C22H32NO5.BrH/c1-3-27-20(24)16-23(2)14-13-19(15-23)28-21(25)22(26,18-11-7-8-12-18)17-9-5-4-6-10-17;/h4-6,9-10,18-19,26H,3,7-8,11-16H2,1-2H3;1H/q+1;/p-1/t19-,22+,23-;/m0./s1. The molecule has 3 atom stereocenters. The van der Waals surface area contributed by atoms with Crippen molar-refractivity contribution in [1.29, 1.82) is 0 Å². The van der Waals surface area contributed by atoms with Crippen LogP contribution in [-0.4, -0.2) is 60.9 Å². The van der Waals surface area contributed by atoms with E-state index in [9.17, 15) is 14.7 Å². The summed E-state index contributed by atoms with van der Waals surface area (Å²) in [5.74, 6) is -0.909. The van der Waals surface area contributed by atoms with Crippen molar-refractivity contribution < 1.29 is 45.6 Å². The van der Waals surface area contributed by atoms with Crippen molar-refractivity contribution in [3.63, 3.8) is 0 Å². The summed E-state index contributed by atoms with van der Waals surface area (Å²) in [6, 6.07) is 9.15. The van der Waals surface area contributed by atoms with Crippen LogP contribution in [0.1, 0.15) is 44.6 Å². The van der Waals surface area contributed by atoms with E-state index in [-0.39, 0.29) is 41.5 Å². The van der Waals surface area contributed by atoms with Gasteiger partial charge in [0.05, 0.1) is 20.2 Å². The molecule has 1 saturated carbocycles. The third-order valence-electron chi connectivity index (χ3n) is 6.20. The van der Waals surface area contributed by atoms with Gasteiger partial charge in [-0.05, 0) is 25.3 Å². The fourth-order valence-corrected chi connectivity index (χ4v) is 4.69. The molecule has 1 aromatic rings. The molecule has 2 fully saturated rings. The largest absolute Gasteiger partial charge is 1.00 e. The molecule has 0 radical (unpaired) electrons. The van der Waals surface area contributed by atoms with Crippen LogP contribution in [0.3, 0.4) is 0 Å². The average Bonchev–Trinajstić information content (AvgIpc) is 3.32. The number of likely N-dealkylation sites (tertiary alicyclic amines) is 1. The number of nitrogens with zero attached hydrogens (tertiary/aromatic N) is 1. The number of aliphatic hydroxyl groups is 1. The van der Waals surface area contributed by atoms with Gasteiger partial charge >= 0.3 is 11.9 Å².